The van der Waals surface area contributed by atoms with Crippen molar-refractivity contribution in [2.45, 2.75) is 6.42 Å². The van der Waals surface area contributed by atoms with Gasteiger partial charge in [-0.2, -0.15) is 0 Å². The van der Waals surface area contributed by atoms with E-state index in [4.69, 9.17) is 16.3 Å². The Labute approximate surface area is 171 Å². The minimum Gasteiger partial charge on any atom is -0.497 e. The summed E-state index contributed by atoms with van der Waals surface area (Å²) in [5.41, 5.74) is 7.33. The normalized spacial score (nSPS) is 10.8. The van der Waals surface area contributed by atoms with Gasteiger partial charge in [0.05, 0.1) is 12.8 Å². The third-order valence-corrected chi connectivity index (χ3v) is 5.22. The van der Waals surface area contributed by atoms with Crippen molar-refractivity contribution in [3.63, 3.8) is 0 Å². The Morgan fingerprint density at radius 1 is 0.857 bits per heavy atom. The fourth-order valence-corrected chi connectivity index (χ4v) is 3.84. The maximum absolute atomic E-state index is 6.12. The number of rotatable bonds is 5. The molecule has 0 aliphatic rings. The van der Waals surface area contributed by atoms with E-state index in [-0.39, 0.29) is 0 Å². The van der Waals surface area contributed by atoms with Gasteiger partial charge in [-0.1, -0.05) is 66.2 Å². The smallest absolute Gasteiger partial charge is 0.119 e. The molecule has 28 heavy (non-hydrogen) atoms. The summed E-state index contributed by atoms with van der Waals surface area (Å²) in [4.78, 5) is 0. The predicted molar refractivity (Wildman–Crippen MR) is 117 cm³/mol. The van der Waals surface area contributed by atoms with E-state index in [1.165, 1.54) is 27.9 Å². The minimum atomic E-state index is 0.746. The molecule has 0 aliphatic heterocycles. The van der Waals surface area contributed by atoms with Crippen LogP contribution in [0.4, 0.5) is 0 Å². The SMILES string of the molecule is COc1cccc(Cc2cn(C)c(-c3ccc(Cl)cc3)c2-c2ccccc2)c1. The highest BCUT2D eigenvalue weighted by Crippen LogP contribution is 2.37. The number of hydrogen-bond donors (Lipinski definition) is 0. The van der Waals surface area contributed by atoms with Gasteiger partial charge >= 0.3 is 0 Å². The molecule has 4 rings (SSSR count). The second-order valence-corrected chi connectivity index (χ2v) is 7.33. The molecule has 3 heteroatoms. The van der Waals surface area contributed by atoms with Crippen molar-refractivity contribution in [2.24, 2.45) is 7.05 Å². The van der Waals surface area contributed by atoms with Crippen LogP contribution < -0.4 is 4.74 Å². The summed E-state index contributed by atoms with van der Waals surface area (Å²) in [5, 5.41) is 0.746. The van der Waals surface area contributed by atoms with Gasteiger partial charge < -0.3 is 9.30 Å². The van der Waals surface area contributed by atoms with Crippen LogP contribution in [0.3, 0.4) is 0 Å². The highest BCUT2D eigenvalue weighted by molar-refractivity contribution is 6.30. The molecule has 0 fully saturated rings. The van der Waals surface area contributed by atoms with Crippen LogP contribution in [0, 0.1) is 0 Å². The number of aromatic nitrogens is 1. The minimum absolute atomic E-state index is 0.746. The fraction of sp³-hybridized carbons (Fsp3) is 0.120. The van der Waals surface area contributed by atoms with E-state index in [2.05, 4.69) is 72.4 Å². The van der Waals surface area contributed by atoms with Crippen LogP contribution >= 0.6 is 11.6 Å². The van der Waals surface area contributed by atoms with Gasteiger partial charge in [-0.3, -0.25) is 0 Å². The zero-order chi connectivity index (χ0) is 19.5. The lowest BCUT2D eigenvalue weighted by atomic mass is 9.94. The Hall–Kier alpha value is -2.97. The largest absolute Gasteiger partial charge is 0.497 e. The molecule has 0 amide bonds. The molecule has 1 aromatic heterocycles. The van der Waals surface area contributed by atoms with E-state index in [0.29, 0.717) is 0 Å². The summed E-state index contributed by atoms with van der Waals surface area (Å²) < 4.78 is 7.61. The predicted octanol–water partition coefficient (Wildman–Crippen LogP) is 6.61. The third kappa shape index (κ3) is 3.69. The molecule has 140 valence electrons. The van der Waals surface area contributed by atoms with Crippen molar-refractivity contribution in [2.75, 3.05) is 7.11 Å². The second kappa shape index (κ2) is 7.95. The Bertz CT molecular complexity index is 1080. The first-order valence-electron chi connectivity index (χ1n) is 9.28. The van der Waals surface area contributed by atoms with Crippen LogP contribution in [-0.2, 0) is 13.5 Å². The number of hydrogen-bond acceptors (Lipinski definition) is 1. The lowest BCUT2D eigenvalue weighted by Crippen LogP contribution is -1.92. The zero-order valence-electron chi connectivity index (χ0n) is 16.0. The number of aryl methyl sites for hydroxylation is 1. The van der Waals surface area contributed by atoms with Gasteiger partial charge in [-0.25, -0.2) is 0 Å². The molecule has 3 aromatic carbocycles. The van der Waals surface area contributed by atoms with Gasteiger partial charge in [0.25, 0.3) is 0 Å². The third-order valence-electron chi connectivity index (χ3n) is 4.97. The quantitative estimate of drug-likeness (QED) is 0.375. The molecule has 0 aliphatic carbocycles. The van der Waals surface area contributed by atoms with Crippen LogP contribution in [-0.4, -0.2) is 11.7 Å². The fourth-order valence-electron chi connectivity index (χ4n) is 3.71. The molecular weight excluding hydrogens is 366 g/mol. The van der Waals surface area contributed by atoms with E-state index in [0.717, 1.165) is 22.8 Å². The van der Waals surface area contributed by atoms with Gasteiger partial charge in [0.1, 0.15) is 5.75 Å². The van der Waals surface area contributed by atoms with Crippen LogP contribution in [0.5, 0.6) is 5.75 Å². The molecule has 2 nitrogen and oxygen atoms in total. The van der Waals surface area contributed by atoms with E-state index >= 15 is 0 Å². The van der Waals surface area contributed by atoms with Crippen LogP contribution in [0.2, 0.25) is 5.02 Å². The molecule has 0 spiro atoms. The standard InChI is InChI=1S/C25H22ClNO/c1-27-17-21(15-18-7-6-10-23(16-18)28-2)24(19-8-4-3-5-9-19)25(27)20-11-13-22(26)14-12-20/h3-14,16-17H,15H2,1-2H3. The average Bonchev–Trinajstić information content (AvgIpc) is 3.05. The van der Waals surface area contributed by atoms with Crippen molar-refractivity contribution in [1.29, 1.82) is 0 Å². The number of benzene rings is 3. The Kier molecular flexibility index (Phi) is 5.23. The summed E-state index contributed by atoms with van der Waals surface area (Å²) in [6, 6.07) is 26.9. The first-order chi connectivity index (χ1) is 13.7. The number of methoxy groups -OCH3 is 1. The van der Waals surface area contributed by atoms with Crippen molar-refractivity contribution in [3.8, 4) is 28.1 Å². The lowest BCUT2D eigenvalue weighted by Gasteiger charge is -2.11. The van der Waals surface area contributed by atoms with Crippen molar-refractivity contribution in [3.05, 3.63) is 101 Å². The number of ether oxygens (including phenoxy) is 1. The topological polar surface area (TPSA) is 14.2 Å². The summed E-state index contributed by atoms with van der Waals surface area (Å²) in [6.45, 7) is 0. The summed E-state index contributed by atoms with van der Waals surface area (Å²) in [7, 11) is 3.81. The molecule has 0 bridgehead atoms. The molecule has 4 aromatic rings. The van der Waals surface area contributed by atoms with Crippen LogP contribution in [0.1, 0.15) is 11.1 Å². The van der Waals surface area contributed by atoms with E-state index in [9.17, 15) is 0 Å². The molecule has 0 saturated heterocycles. The van der Waals surface area contributed by atoms with E-state index < -0.39 is 0 Å². The average molecular weight is 388 g/mol. The van der Waals surface area contributed by atoms with Crippen molar-refractivity contribution in [1.82, 2.24) is 4.57 Å². The molecule has 0 N–H and O–H groups in total. The summed E-state index contributed by atoms with van der Waals surface area (Å²) in [5.74, 6) is 0.882. The summed E-state index contributed by atoms with van der Waals surface area (Å²) >= 11 is 6.12. The highest BCUT2D eigenvalue weighted by Gasteiger charge is 2.18. The van der Waals surface area contributed by atoms with Gasteiger partial charge in [0.2, 0.25) is 0 Å². The molecular formula is C25H22ClNO. The van der Waals surface area contributed by atoms with Crippen molar-refractivity contribution < 1.29 is 4.74 Å². The molecule has 0 unspecified atom stereocenters. The van der Waals surface area contributed by atoms with E-state index in [1.807, 2.05) is 24.3 Å². The second-order valence-electron chi connectivity index (χ2n) is 6.89. The number of nitrogens with zero attached hydrogens (tertiary/aromatic N) is 1. The molecule has 0 atom stereocenters. The Morgan fingerprint density at radius 2 is 1.61 bits per heavy atom. The van der Waals surface area contributed by atoms with Gasteiger partial charge in [0, 0.05) is 23.8 Å². The molecule has 0 saturated carbocycles. The zero-order valence-corrected chi connectivity index (χ0v) is 16.8. The maximum atomic E-state index is 6.12. The first-order valence-corrected chi connectivity index (χ1v) is 9.66. The van der Waals surface area contributed by atoms with Gasteiger partial charge in [-0.15, -0.1) is 0 Å². The van der Waals surface area contributed by atoms with E-state index in [1.54, 1.807) is 7.11 Å². The number of halogens is 1. The van der Waals surface area contributed by atoms with Crippen LogP contribution in [0.25, 0.3) is 22.4 Å². The monoisotopic (exact) mass is 387 g/mol. The Morgan fingerprint density at radius 3 is 2.32 bits per heavy atom. The lowest BCUT2D eigenvalue weighted by molar-refractivity contribution is 0.414. The van der Waals surface area contributed by atoms with Crippen LogP contribution in [0.15, 0.2) is 85.1 Å². The van der Waals surface area contributed by atoms with Crippen molar-refractivity contribution >= 4 is 11.6 Å². The molecule has 1 heterocycles. The maximum Gasteiger partial charge on any atom is 0.119 e. The molecule has 0 radical (unpaired) electrons. The Balaban J connectivity index is 1.86. The van der Waals surface area contributed by atoms with Gasteiger partial charge in [-0.05, 0) is 52.9 Å². The summed E-state index contributed by atoms with van der Waals surface area (Å²) in [6.07, 6.45) is 3.06. The van der Waals surface area contributed by atoms with Gasteiger partial charge in [0.15, 0.2) is 0 Å². The highest BCUT2D eigenvalue weighted by atomic mass is 35.5. The first kappa shape index (κ1) is 18.4.